The number of rotatable bonds is 9. The summed E-state index contributed by atoms with van der Waals surface area (Å²) in [5, 5.41) is 8.04. The number of para-hydroxylation sites is 1. The Balaban J connectivity index is 1.57. The minimum absolute atomic E-state index is 0.132. The van der Waals surface area contributed by atoms with Crippen molar-refractivity contribution in [2.45, 2.75) is 97.5 Å². The van der Waals surface area contributed by atoms with E-state index in [1.54, 1.807) is 0 Å². The Morgan fingerprint density at radius 3 is 2.23 bits per heavy atom. The molecule has 1 heterocycles. The summed E-state index contributed by atoms with van der Waals surface area (Å²) in [6.45, 7) is 18.6. The molecule has 3 aromatic rings. The molecule has 44 heavy (non-hydrogen) atoms. The van der Waals surface area contributed by atoms with E-state index in [1.807, 2.05) is 54.6 Å². The summed E-state index contributed by atoms with van der Waals surface area (Å²) < 4.78 is 13.3. The number of anilines is 2. The van der Waals surface area contributed by atoms with Gasteiger partial charge in [0.1, 0.15) is 23.8 Å². The molecule has 0 radical (unpaired) electrons. The van der Waals surface area contributed by atoms with E-state index < -0.39 is 14.4 Å². The zero-order valence-electron chi connectivity index (χ0n) is 27.4. The molecule has 0 bridgehead atoms. The highest BCUT2D eigenvalue weighted by Crippen LogP contribution is 2.51. The standard InChI is InChI=1S/C37H47ClN2O3Si/c1-23(2)44(24(3)4,25(5)6)43-33-16-12-15-30-36(33)40-31-20-37(7,8)21-32(41)34(31)35(39-30)28-18-17-27(19-29(28)38)42-22-26-13-10-9-11-14-26/h9-19,23-25,35,39-40H,20-22H2,1-8H3. The number of hydrogen-bond donors (Lipinski definition) is 2. The summed E-state index contributed by atoms with van der Waals surface area (Å²) in [7, 11) is -2.24. The van der Waals surface area contributed by atoms with Crippen LogP contribution in [0.4, 0.5) is 11.4 Å². The van der Waals surface area contributed by atoms with Crippen molar-refractivity contribution in [3.8, 4) is 11.5 Å². The smallest absolute Gasteiger partial charge is 0.258 e. The minimum Gasteiger partial charge on any atom is -0.541 e. The van der Waals surface area contributed by atoms with E-state index in [-0.39, 0.29) is 11.2 Å². The highest BCUT2D eigenvalue weighted by Gasteiger charge is 2.48. The molecule has 7 heteroatoms. The largest absolute Gasteiger partial charge is 0.541 e. The quantitative estimate of drug-likeness (QED) is 0.230. The number of fused-ring (bicyclic) bond motifs is 1. The van der Waals surface area contributed by atoms with Gasteiger partial charge in [-0.15, -0.1) is 0 Å². The Kier molecular flexibility index (Phi) is 9.25. The third kappa shape index (κ3) is 6.29. The van der Waals surface area contributed by atoms with Gasteiger partial charge in [0.15, 0.2) is 5.78 Å². The van der Waals surface area contributed by atoms with Gasteiger partial charge in [-0.05, 0) is 63.9 Å². The Morgan fingerprint density at radius 1 is 0.909 bits per heavy atom. The predicted octanol–water partition coefficient (Wildman–Crippen LogP) is 10.7. The van der Waals surface area contributed by atoms with Gasteiger partial charge in [-0.2, -0.15) is 0 Å². The number of ketones is 1. The van der Waals surface area contributed by atoms with E-state index in [0.717, 1.165) is 45.9 Å². The summed E-state index contributed by atoms with van der Waals surface area (Å²) in [4.78, 5) is 13.9. The van der Waals surface area contributed by atoms with Crippen LogP contribution in [0.25, 0.3) is 0 Å². The van der Waals surface area contributed by atoms with E-state index in [2.05, 4.69) is 78.2 Å². The van der Waals surface area contributed by atoms with E-state index in [9.17, 15) is 4.79 Å². The first-order chi connectivity index (χ1) is 20.8. The van der Waals surface area contributed by atoms with Crippen LogP contribution in [-0.4, -0.2) is 14.1 Å². The van der Waals surface area contributed by atoms with Crippen molar-refractivity contribution < 1.29 is 14.0 Å². The number of hydrogen-bond acceptors (Lipinski definition) is 5. The molecule has 0 saturated carbocycles. The highest BCUT2D eigenvalue weighted by atomic mass is 35.5. The van der Waals surface area contributed by atoms with Crippen LogP contribution >= 0.6 is 11.6 Å². The first kappa shape index (κ1) is 32.2. The molecule has 0 fully saturated rings. The van der Waals surface area contributed by atoms with Crippen molar-refractivity contribution in [3.63, 3.8) is 0 Å². The average molecular weight is 631 g/mol. The maximum absolute atomic E-state index is 13.9. The first-order valence-corrected chi connectivity index (χ1v) is 18.4. The van der Waals surface area contributed by atoms with Crippen molar-refractivity contribution >= 4 is 37.1 Å². The summed E-state index contributed by atoms with van der Waals surface area (Å²) in [5.74, 6) is 1.66. The molecule has 2 aliphatic rings. The number of ether oxygens (including phenoxy) is 1. The first-order valence-electron chi connectivity index (χ1n) is 15.9. The average Bonchev–Trinajstić information content (AvgIpc) is 3.11. The lowest BCUT2D eigenvalue weighted by Crippen LogP contribution is -2.50. The molecule has 1 aliphatic carbocycles. The normalized spacial score (nSPS) is 18.0. The molecule has 0 amide bonds. The van der Waals surface area contributed by atoms with Crippen molar-refractivity contribution in [2.75, 3.05) is 10.6 Å². The Morgan fingerprint density at radius 2 is 1.59 bits per heavy atom. The van der Waals surface area contributed by atoms with E-state index in [1.165, 1.54) is 0 Å². The molecule has 0 aromatic heterocycles. The summed E-state index contributed by atoms with van der Waals surface area (Å²) in [5.41, 5.74) is 6.51. The molecule has 1 unspecified atom stereocenters. The van der Waals surface area contributed by atoms with Crippen LogP contribution in [0.1, 0.15) is 85.4 Å². The molecule has 5 rings (SSSR count). The number of carbonyl (C=O) groups is 1. The van der Waals surface area contributed by atoms with Gasteiger partial charge in [-0.1, -0.05) is 109 Å². The van der Waals surface area contributed by atoms with Crippen molar-refractivity contribution in [1.29, 1.82) is 0 Å². The monoisotopic (exact) mass is 630 g/mol. The van der Waals surface area contributed by atoms with Crippen LogP contribution in [-0.2, 0) is 11.4 Å². The van der Waals surface area contributed by atoms with Gasteiger partial charge in [0.2, 0.25) is 0 Å². The molecule has 5 nitrogen and oxygen atoms in total. The molecule has 0 saturated heterocycles. The fourth-order valence-corrected chi connectivity index (χ4v) is 12.9. The zero-order valence-corrected chi connectivity index (χ0v) is 29.1. The van der Waals surface area contributed by atoms with Crippen LogP contribution in [0.3, 0.4) is 0 Å². The lowest BCUT2D eigenvalue weighted by Gasteiger charge is -2.42. The van der Waals surface area contributed by atoms with Crippen LogP contribution in [0.15, 0.2) is 78.0 Å². The maximum atomic E-state index is 13.9. The van der Waals surface area contributed by atoms with Gasteiger partial charge >= 0.3 is 0 Å². The minimum atomic E-state index is -2.24. The summed E-state index contributed by atoms with van der Waals surface area (Å²) in [6, 6.07) is 21.6. The molecule has 3 aromatic carbocycles. The highest BCUT2D eigenvalue weighted by molar-refractivity contribution is 6.78. The van der Waals surface area contributed by atoms with Crippen LogP contribution in [0.5, 0.6) is 11.5 Å². The van der Waals surface area contributed by atoms with Gasteiger partial charge in [0.25, 0.3) is 8.32 Å². The van der Waals surface area contributed by atoms with E-state index in [4.69, 9.17) is 20.8 Å². The van der Waals surface area contributed by atoms with Gasteiger partial charge in [-0.25, -0.2) is 0 Å². The second-order valence-corrected chi connectivity index (χ2v) is 19.9. The number of nitrogens with one attached hydrogen (secondary N) is 2. The molecule has 1 aliphatic heterocycles. The van der Waals surface area contributed by atoms with Gasteiger partial charge in [0, 0.05) is 22.7 Å². The third-order valence-electron chi connectivity index (χ3n) is 9.34. The number of benzene rings is 3. The summed E-state index contributed by atoms with van der Waals surface area (Å²) in [6.07, 6.45) is 1.22. The van der Waals surface area contributed by atoms with Gasteiger partial charge in [-0.3, -0.25) is 4.79 Å². The maximum Gasteiger partial charge on any atom is 0.258 e. The number of halogens is 1. The Labute approximate surface area is 269 Å². The SMILES string of the molecule is CC(C)[Si](Oc1cccc2c1NC1=C(C(=O)CC(C)(C)C1)C(c1ccc(OCc3ccccc3)cc1Cl)N2)(C(C)C)C(C)C. The van der Waals surface area contributed by atoms with Crippen molar-refractivity contribution in [3.05, 3.63) is 94.1 Å². The Bertz CT molecular complexity index is 1530. The molecule has 2 N–H and O–H groups in total. The molecule has 234 valence electrons. The third-order valence-corrected chi connectivity index (χ3v) is 15.7. The second-order valence-electron chi connectivity index (χ2n) is 14.1. The second kappa shape index (κ2) is 12.6. The van der Waals surface area contributed by atoms with Crippen molar-refractivity contribution in [2.24, 2.45) is 5.41 Å². The fraction of sp³-hybridized carbons (Fsp3) is 0.432. The number of allylic oxidation sites excluding steroid dienone is 1. The number of Topliss-reactive ketones (excluding diaryl/α,β-unsaturated/α-hetero) is 1. The summed E-state index contributed by atoms with van der Waals surface area (Å²) >= 11 is 6.99. The molecular weight excluding hydrogens is 584 g/mol. The lowest BCUT2D eigenvalue weighted by molar-refractivity contribution is -0.118. The topological polar surface area (TPSA) is 59.6 Å². The lowest BCUT2D eigenvalue weighted by atomic mass is 9.73. The molecule has 1 atom stereocenters. The van der Waals surface area contributed by atoms with Crippen LogP contribution in [0, 0.1) is 5.41 Å². The molecule has 0 spiro atoms. The van der Waals surface area contributed by atoms with Crippen molar-refractivity contribution in [1.82, 2.24) is 0 Å². The predicted molar refractivity (Wildman–Crippen MR) is 185 cm³/mol. The van der Waals surface area contributed by atoms with Gasteiger partial charge in [0.05, 0.1) is 11.7 Å². The molecular formula is C37H47ClN2O3Si. The van der Waals surface area contributed by atoms with E-state index >= 15 is 0 Å². The zero-order chi connectivity index (χ0) is 31.8. The van der Waals surface area contributed by atoms with E-state index in [0.29, 0.717) is 40.4 Å². The van der Waals surface area contributed by atoms with Crippen LogP contribution in [0.2, 0.25) is 21.6 Å². The van der Waals surface area contributed by atoms with Gasteiger partial charge < -0.3 is 19.8 Å². The Hall–Kier alpha value is -3.22. The number of carbonyl (C=O) groups excluding carboxylic acids is 1. The fourth-order valence-electron chi connectivity index (χ4n) is 7.38. The van der Waals surface area contributed by atoms with Crippen LogP contribution < -0.4 is 19.8 Å².